The maximum absolute atomic E-state index is 12.3. The van der Waals surface area contributed by atoms with E-state index < -0.39 is 0 Å². The van der Waals surface area contributed by atoms with Gasteiger partial charge in [0.2, 0.25) is 5.91 Å². The molecule has 0 saturated carbocycles. The van der Waals surface area contributed by atoms with E-state index in [1.165, 1.54) is 0 Å². The van der Waals surface area contributed by atoms with Crippen LogP contribution in [0.3, 0.4) is 0 Å². The second-order valence-electron chi connectivity index (χ2n) is 5.16. The molecule has 0 saturated heterocycles. The molecule has 0 aliphatic heterocycles. The van der Waals surface area contributed by atoms with E-state index in [1.54, 1.807) is 29.4 Å². The fourth-order valence-corrected chi connectivity index (χ4v) is 2.87. The van der Waals surface area contributed by atoms with E-state index >= 15 is 0 Å². The number of nitrogens with zero attached hydrogens (tertiary/aromatic N) is 1. The zero-order valence-corrected chi connectivity index (χ0v) is 13.3. The van der Waals surface area contributed by atoms with Crippen molar-refractivity contribution in [1.29, 1.82) is 0 Å². The molecule has 112 valence electrons. The fourth-order valence-electron chi connectivity index (χ4n) is 2.25. The average Bonchev–Trinajstić information content (AvgIpc) is 3.19. The molecule has 0 bridgehead atoms. The fraction of sp³-hybridized carbons (Fsp3) is 0.167. The molecular weight excluding hydrogens is 294 g/mol. The summed E-state index contributed by atoms with van der Waals surface area (Å²) in [5, 5.41) is 3.05. The van der Waals surface area contributed by atoms with E-state index in [0.29, 0.717) is 0 Å². The van der Waals surface area contributed by atoms with E-state index in [4.69, 9.17) is 4.42 Å². The molecule has 1 atom stereocenters. The molecule has 1 aromatic carbocycles. The van der Waals surface area contributed by atoms with Crippen LogP contribution < -0.4 is 0 Å². The molecule has 1 unspecified atom stereocenters. The third-order valence-electron chi connectivity index (χ3n) is 3.72. The topological polar surface area (TPSA) is 33.5 Å². The van der Waals surface area contributed by atoms with E-state index in [0.717, 1.165) is 21.6 Å². The van der Waals surface area contributed by atoms with Crippen LogP contribution in [0.15, 0.2) is 58.3 Å². The minimum absolute atomic E-state index is 0.0404. The number of carbonyl (C=O) groups is 1. The van der Waals surface area contributed by atoms with Gasteiger partial charge in [-0.2, -0.15) is 0 Å². The maximum Gasteiger partial charge on any atom is 0.246 e. The Bertz CT molecular complexity index is 768. The summed E-state index contributed by atoms with van der Waals surface area (Å²) in [7, 11) is 1.79. The molecular formula is C18H17NO2S. The number of thiophene rings is 1. The largest absolute Gasteiger partial charge is 0.459 e. The van der Waals surface area contributed by atoms with Crippen molar-refractivity contribution in [1.82, 2.24) is 4.90 Å². The molecule has 22 heavy (non-hydrogen) atoms. The van der Waals surface area contributed by atoms with Crippen LogP contribution in [0, 0.1) is 0 Å². The summed E-state index contributed by atoms with van der Waals surface area (Å²) in [6.45, 7) is 1.97. The Labute approximate surface area is 133 Å². The second kappa shape index (κ2) is 6.20. The number of furan rings is 1. The van der Waals surface area contributed by atoms with E-state index in [1.807, 2.05) is 60.8 Å². The minimum Gasteiger partial charge on any atom is -0.459 e. The van der Waals surface area contributed by atoms with Gasteiger partial charge in [-0.25, -0.2) is 0 Å². The zero-order valence-electron chi connectivity index (χ0n) is 12.5. The standard InChI is InChI=1S/C18H17NO2S/c1-13(17-12-14-6-3-4-8-16(14)21-17)19(2)18(20)10-9-15-7-5-11-22-15/h3-13H,1-2H3/b10-9+. The molecule has 2 heterocycles. The molecule has 0 aliphatic rings. The molecule has 3 nitrogen and oxygen atoms in total. The number of para-hydroxylation sites is 1. The van der Waals surface area contributed by atoms with Gasteiger partial charge >= 0.3 is 0 Å². The first-order valence-electron chi connectivity index (χ1n) is 7.12. The highest BCUT2D eigenvalue weighted by Crippen LogP contribution is 2.26. The number of carbonyl (C=O) groups excluding carboxylic acids is 1. The average molecular weight is 311 g/mol. The van der Waals surface area contributed by atoms with Crippen molar-refractivity contribution in [2.24, 2.45) is 0 Å². The molecule has 3 rings (SSSR count). The number of hydrogen-bond donors (Lipinski definition) is 0. The number of rotatable bonds is 4. The lowest BCUT2D eigenvalue weighted by Gasteiger charge is -2.21. The first-order chi connectivity index (χ1) is 10.6. The summed E-state index contributed by atoms with van der Waals surface area (Å²) < 4.78 is 5.84. The minimum atomic E-state index is -0.118. The number of amides is 1. The Balaban J connectivity index is 1.75. The molecule has 1 amide bonds. The summed E-state index contributed by atoms with van der Waals surface area (Å²) in [6.07, 6.45) is 3.44. The van der Waals surface area contributed by atoms with Crippen molar-refractivity contribution in [2.75, 3.05) is 7.05 Å². The highest BCUT2D eigenvalue weighted by Gasteiger charge is 2.19. The molecule has 0 aliphatic carbocycles. The van der Waals surface area contributed by atoms with E-state index in [9.17, 15) is 4.79 Å². The first kappa shape index (κ1) is 14.6. The number of likely N-dealkylation sites (N-methyl/N-ethyl adjacent to an activating group) is 1. The molecule has 0 N–H and O–H groups in total. The molecule has 3 aromatic rings. The summed E-state index contributed by atoms with van der Waals surface area (Å²) in [5.41, 5.74) is 0.847. The predicted molar refractivity (Wildman–Crippen MR) is 90.8 cm³/mol. The summed E-state index contributed by atoms with van der Waals surface area (Å²) >= 11 is 1.61. The van der Waals surface area contributed by atoms with Gasteiger partial charge in [0.15, 0.2) is 0 Å². The van der Waals surface area contributed by atoms with Crippen molar-refractivity contribution in [3.8, 4) is 0 Å². The van der Waals surface area contributed by atoms with Gasteiger partial charge in [0, 0.05) is 23.4 Å². The molecule has 0 spiro atoms. The van der Waals surface area contributed by atoms with E-state index in [-0.39, 0.29) is 11.9 Å². The summed E-state index contributed by atoms with van der Waals surface area (Å²) in [5.74, 6) is 0.753. The van der Waals surface area contributed by atoms with Crippen LogP contribution in [-0.4, -0.2) is 17.9 Å². The Morgan fingerprint density at radius 3 is 2.82 bits per heavy atom. The normalized spacial score (nSPS) is 12.8. The van der Waals surface area contributed by atoms with Crippen molar-refractivity contribution < 1.29 is 9.21 Å². The van der Waals surface area contributed by atoms with Gasteiger partial charge in [-0.3, -0.25) is 4.79 Å². The highest BCUT2D eigenvalue weighted by atomic mass is 32.1. The van der Waals surface area contributed by atoms with Crippen molar-refractivity contribution >= 4 is 34.3 Å². The lowest BCUT2D eigenvalue weighted by molar-refractivity contribution is -0.126. The van der Waals surface area contributed by atoms with Gasteiger partial charge in [-0.15, -0.1) is 11.3 Å². The number of hydrogen-bond acceptors (Lipinski definition) is 3. The molecule has 2 aromatic heterocycles. The van der Waals surface area contributed by atoms with Crippen LogP contribution in [0.5, 0.6) is 0 Å². The lowest BCUT2D eigenvalue weighted by atomic mass is 10.2. The predicted octanol–water partition coefficient (Wildman–Crippen LogP) is 4.73. The number of fused-ring (bicyclic) bond motifs is 1. The van der Waals surface area contributed by atoms with Crippen molar-refractivity contribution in [3.05, 3.63) is 64.6 Å². The second-order valence-corrected chi connectivity index (χ2v) is 6.14. The third kappa shape index (κ3) is 2.97. The van der Waals surface area contributed by atoms with Crippen LogP contribution in [0.25, 0.3) is 17.0 Å². The van der Waals surface area contributed by atoms with Crippen LogP contribution in [0.1, 0.15) is 23.6 Å². The summed E-state index contributed by atoms with van der Waals surface area (Å²) in [4.78, 5) is 15.0. The monoisotopic (exact) mass is 311 g/mol. The Hall–Kier alpha value is -2.33. The quantitative estimate of drug-likeness (QED) is 0.653. The van der Waals surface area contributed by atoms with Gasteiger partial charge in [0.05, 0.1) is 6.04 Å². The van der Waals surface area contributed by atoms with Crippen LogP contribution in [-0.2, 0) is 4.79 Å². The summed E-state index contributed by atoms with van der Waals surface area (Å²) in [6, 6.07) is 13.7. The smallest absolute Gasteiger partial charge is 0.246 e. The zero-order chi connectivity index (χ0) is 15.5. The third-order valence-corrected chi connectivity index (χ3v) is 4.56. The van der Waals surface area contributed by atoms with Gasteiger partial charge in [0.1, 0.15) is 11.3 Å². The Morgan fingerprint density at radius 2 is 2.09 bits per heavy atom. The van der Waals surface area contributed by atoms with E-state index in [2.05, 4.69) is 0 Å². The van der Waals surface area contributed by atoms with Gasteiger partial charge in [-0.1, -0.05) is 24.3 Å². The van der Waals surface area contributed by atoms with Gasteiger partial charge in [0.25, 0.3) is 0 Å². The highest BCUT2D eigenvalue weighted by molar-refractivity contribution is 7.10. The van der Waals surface area contributed by atoms with Crippen LogP contribution >= 0.6 is 11.3 Å². The Kier molecular flexibility index (Phi) is 4.11. The molecule has 0 fully saturated rings. The SMILES string of the molecule is CC(c1cc2ccccc2o1)N(C)C(=O)/C=C/c1cccs1. The first-order valence-corrected chi connectivity index (χ1v) is 8.00. The van der Waals surface area contributed by atoms with Gasteiger partial charge in [-0.05, 0) is 36.6 Å². The van der Waals surface area contributed by atoms with Crippen LogP contribution in [0.2, 0.25) is 0 Å². The Morgan fingerprint density at radius 1 is 1.27 bits per heavy atom. The van der Waals surface area contributed by atoms with Gasteiger partial charge < -0.3 is 9.32 Å². The number of benzene rings is 1. The molecule has 0 radical (unpaired) electrons. The van der Waals surface area contributed by atoms with Crippen molar-refractivity contribution in [3.63, 3.8) is 0 Å². The van der Waals surface area contributed by atoms with Crippen LogP contribution in [0.4, 0.5) is 0 Å². The molecule has 4 heteroatoms. The lowest BCUT2D eigenvalue weighted by Crippen LogP contribution is -2.27. The van der Waals surface area contributed by atoms with Crippen molar-refractivity contribution in [2.45, 2.75) is 13.0 Å². The maximum atomic E-state index is 12.3.